The number of thiazole rings is 1. The summed E-state index contributed by atoms with van der Waals surface area (Å²) in [6.45, 7) is 4.16. The van der Waals surface area contributed by atoms with Crippen molar-refractivity contribution in [3.05, 3.63) is 76.8 Å². The van der Waals surface area contributed by atoms with Gasteiger partial charge in [-0.25, -0.2) is 4.98 Å². The zero-order chi connectivity index (χ0) is 19.9. The summed E-state index contributed by atoms with van der Waals surface area (Å²) in [4.78, 5) is 28.9. The van der Waals surface area contributed by atoms with Gasteiger partial charge < -0.3 is 10.6 Å². The topological polar surface area (TPSA) is 71.1 Å². The van der Waals surface area contributed by atoms with E-state index in [1.807, 2.05) is 54.6 Å². The summed E-state index contributed by atoms with van der Waals surface area (Å²) in [7, 11) is 0. The number of hydrogen-bond donors (Lipinski definition) is 2. The maximum Gasteiger partial charge on any atom is 0.275 e. The predicted molar refractivity (Wildman–Crippen MR) is 114 cm³/mol. The first-order valence-corrected chi connectivity index (χ1v) is 10.1. The van der Waals surface area contributed by atoms with Crippen LogP contribution in [0.1, 0.15) is 47.8 Å². The molecule has 144 valence electrons. The number of benzene rings is 2. The molecule has 2 aromatic carbocycles. The van der Waals surface area contributed by atoms with Crippen molar-refractivity contribution in [1.29, 1.82) is 0 Å². The van der Waals surface area contributed by atoms with E-state index in [-0.39, 0.29) is 11.8 Å². The van der Waals surface area contributed by atoms with Crippen molar-refractivity contribution < 1.29 is 9.59 Å². The van der Waals surface area contributed by atoms with Crippen molar-refractivity contribution >= 4 is 34.0 Å². The molecule has 2 N–H and O–H groups in total. The van der Waals surface area contributed by atoms with E-state index in [0.717, 1.165) is 16.8 Å². The van der Waals surface area contributed by atoms with Crippen LogP contribution < -0.4 is 10.6 Å². The molecule has 3 rings (SSSR count). The number of carbonyl (C=O) groups is 2. The van der Waals surface area contributed by atoms with E-state index in [9.17, 15) is 9.59 Å². The zero-order valence-electron chi connectivity index (χ0n) is 15.9. The highest BCUT2D eigenvalue weighted by molar-refractivity contribution is 7.14. The van der Waals surface area contributed by atoms with Crippen LogP contribution in [0.2, 0.25) is 0 Å². The molecule has 0 saturated heterocycles. The minimum atomic E-state index is -0.283. The third-order valence-corrected chi connectivity index (χ3v) is 5.06. The highest BCUT2D eigenvalue weighted by atomic mass is 32.1. The van der Waals surface area contributed by atoms with Crippen LogP contribution in [0.4, 0.5) is 10.8 Å². The van der Waals surface area contributed by atoms with E-state index in [1.54, 1.807) is 5.38 Å². The molecule has 0 aliphatic rings. The molecular weight excluding hydrogens is 370 g/mol. The Morgan fingerprint density at radius 3 is 2.46 bits per heavy atom. The fraction of sp³-hybridized carbons (Fsp3) is 0.227. The summed E-state index contributed by atoms with van der Waals surface area (Å²) in [6.07, 6.45) is 1.03. The molecule has 0 unspecified atom stereocenters. The number of amides is 2. The number of para-hydroxylation sites is 1. The van der Waals surface area contributed by atoms with Crippen molar-refractivity contribution in [1.82, 2.24) is 4.98 Å². The second-order valence-corrected chi connectivity index (χ2v) is 7.63. The average molecular weight is 394 g/mol. The van der Waals surface area contributed by atoms with Gasteiger partial charge in [-0.15, -0.1) is 11.3 Å². The van der Waals surface area contributed by atoms with E-state index in [0.29, 0.717) is 29.6 Å². The largest absolute Gasteiger partial charge is 0.320 e. The first kappa shape index (κ1) is 19.8. The van der Waals surface area contributed by atoms with Crippen LogP contribution in [0.3, 0.4) is 0 Å². The summed E-state index contributed by atoms with van der Waals surface area (Å²) >= 11 is 1.25. The first-order valence-electron chi connectivity index (χ1n) is 9.22. The number of carbonyl (C=O) groups excluding carboxylic acids is 2. The summed E-state index contributed by atoms with van der Waals surface area (Å²) in [5.41, 5.74) is 3.26. The lowest BCUT2D eigenvalue weighted by Gasteiger charge is -2.12. The number of aromatic nitrogens is 1. The summed E-state index contributed by atoms with van der Waals surface area (Å²) in [5, 5.41) is 7.77. The Morgan fingerprint density at radius 1 is 1.00 bits per heavy atom. The number of nitrogens with one attached hydrogen (secondary N) is 2. The van der Waals surface area contributed by atoms with Crippen molar-refractivity contribution in [3.63, 3.8) is 0 Å². The van der Waals surface area contributed by atoms with Gasteiger partial charge in [0.15, 0.2) is 5.13 Å². The number of nitrogens with zero attached hydrogens (tertiary/aromatic N) is 1. The van der Waals surface area contributed by atoms with Crippen LogP contribution in [0, 0.1) is 0 Å². The Morgan fingerprint density at radius 2 is 1.71 bits per heavy atom. The quantitative estimate of drug-likeness (QED) is 0.587. The van der Waals surface area contributed by atoms with Gasteiger partial charge in [0.25, 0.3) is 5.91 Å². The normalized spacial score (nSPS) is 10.7. The molecule has 0 radical (unpaired) electrons. The highest BCUT2D eigenvalue weighted by Gasteiger charge is 2.15. The number of hydrogen-bond acceptors (Lipinski definition) is 4. The highest BCUT2D eigenvalue weighted by Crippen LogP contribution is 2.25. The van der Waals surface area contributed by atoms with Crippen LogP contribution in [-0.4, -0.2) is 16.8 Å². The Balaban J connectivity index is 1.57. The molecule has 5 nitrogen and oxygen atoms in total. The monoisotopic (exact) mass is 393 g/mol. The van der Waals surface area contributed by atoms with Gasteiger partial charge >= 0.3 is 0 Å². The minimum Gasteiger partial charge on any atom is -0.320 e. The summed E-state index contributed by atoms with van der Waals surface area (Å²) in [5.74, 6) is -0.101. The van der Waals surface area contributed by atoms with Gasteiger partial charge in [-0.3, -0.25) is 9.59 Å². The second-order valence-electron chi connectivity index (χ2n) is 6.77. The van der Waals surface area contributed by atoms with Gasteiger partial charge in [-0.1, -0.05) is 62.4 Å². The van der Waals surface area contributed by atoms with E-state index >= 15 is 0 Å². The predicted octanol–water partition coefficient (Wildman–Crippen LogP) is 5.09. The number of rotatable bonds is 7. The molecule has 2 amide bonds. The Hall–Kier alpha value is -2.99. The maximum atomic E-state index is 12.5. The fourth-order valence-corrected chi connectivity index (χ4v) is 3.53. The Bertz CT molecular complexity index is 951. The SMILES string of the molecule is CC(C)c1ccccc1NC(=O)c1csc(NC(=O)CCc2ccccc2)n1. The van der Waals surface area contributed by atoms with E-state index in [1.165, 1.54) is 11.3 Å². The molecule has 6 heteroatoms. The van der Waals surface area contributed by atoms with Gasteiger partial charge in [-0.05, 0) is 29.5 Å². The smallest absolute Gasteiger partial charge is 0.275 e. The lowest BCUT2D eigenvalue weighted by atomic mass is 10.0. The van der Waals surface area contributed by atoms with Gasteiger partial charge in [0.1, 0.15) is 5.69 Å². The molecular formula is C22H23N3O2S. The van der Waals surface area contributed by atoms with Crippen LogP contribution in [0.5, 0.6) is 0 Å². The lowest BCUT2D eigenvalue weighted by molar-refractivity contribution is -0.116. The van der Waals surface area contributed by atoms with Crippen molar-refractivity contribution in [2.75, 3.05) is 10.6 Å². The molecule has 3 aromatic rings. The van der Waals surface area contributed by atoms with Crippen LogP contribution in [-0.2, 0) is 11.2 Å². The standard InChI is InChI=1S/C22H23N3O2S/c1-15(2)17-10-6-7-11-18(17)23-21(27)19-14-28-22(24-19)25-20(26)13-12-16-8-4-3-5-9-16/h3-11,14-15H,12-13H2,1-2H3,(H,23,27)(H,24,25,26). The molecule has 0 atom stereocenters. The number of aryl methyl sites for hydroxylation is 1. The van der Waals surface area contributed by atoms with Crippen molar-refractivity contribution in [3.8, 4) is 0 Å². The molecule has 0 aliphatic carbocycles. The molecule has 1 aromatic heterocycles. The number of anilines is 2. The van der Waals surface area contributed by atoms with E-state index in [2.05, 4.69) is 29.5 Å². The van der Waals surface area contributed by atoms with Crippen molar-refractivity contribution in [2.24, 2.45) is 0 Å². The van der Waals surface area contributed by atoms with Gasteiger partial charge in [0, 0.05) is 17.5 Å². The van der Waals surface area contributed by atoms with E-state index in [4.69, 9.17) is 0 Å². The Labute approximate surface area is 168 Å². The molecule has 0 aliphatic heterocycles. The zero-order valence-corrected chi connectivity index (χ0v) is 16.8. The molecule has 0 bridgehead atoms. The maximum absolute atomic E-state index is 12.5. The van der Waals surface area contributed by atoms with Crippen molar-refractivity contribution in [2.45, 2.75) is 32.6 Å². The Kier molecular flexibility index (Phi) is 6.55. The summed E-state index contributed by atoms with van der Waals surface area (Å²) < 4.78 is 0. The fourth-order valence-electron chi connectivity index (χ4n) is 2.82. The third-order valence-electron chi connectivity index (χ3n) is 4.30. The lowest BCUT2D eigenvalue weighted by Crippen LogP contribution is -2.15. The second kappa shape index (κ2) is 9.28. The van der Waals surface area contributed by atoms with Crippen LogP contribution >= 0.6 is 11.3 Å². The molecule has 0 fully saturated rings. The van der Waals surface area contributed by atoms with E-state index < -0.39 is 0 Å². The molecule has 1 heterocycles. The summed E-state index contributed by atoms with van der Waals surface area (Å²) in [6, 6.07) is 17.6. The van der Waals surface area contributed by atoms with Gasteiger partial charge in [0.05, 0.1) is 0 Å². The van der Waals surface area contributed by atoms with Gasteiger partial charge in [0.2, 0.25) is 5.91 Å². The van der Waals surface area contributed by atoms with Gasteiger partial charge in [-0.2, -0.15) is 0 Å². The molecule has 28 heavy (non-hydrogen) atoms. The van der Waals surface area contributed by atoms with Crippen LogP contribution in [0.15, 0.2) is 60.0 Å². The minimum absolute atomic E-state index is 0.115. The van der Waals surface area contributed by atoms with Crippen LogP contribution in [0.25, 0.3) is 0 Å². The average Bonchev–Trinajstić information content (AvgIpc) is 3.16. The first-order chi connectivity index (χ1) is 13.5. The molecule has 0 saturated carbocycles. The molecule has 0 spiro atoms. The third kappa shape index (κ3) is 5.27.